The molecule has 19 heavy (non-hydrogen) atoms. The molecule has 1 saturated heterocycles. The summed E-state index contributed by atoms with van der Waals surface area (Å²) in [5, 5.41) is 9.44. The molecule has 5 heteroatoms. The number of carboxylic acid groups (broad SMARTS) is 1. The van der Waals surface area contributed by atoms with Crippen molar-refractivity contribution in [2.45, 2.75) is 59.5 Å². The lowest BCUT2D eigenvalue weighted by Gasteiger charge is -2.45. The Morgan fingerprint density at radius 1 is 1.37 bits per heavy atom. The van der Waals surface area contributed by atoms with E-state index in [2.05, 4.69) is 0 Å². The van der Waals surface area contributed by atoms with Crippen LogP contribution in [0.3, 0.4) is 0 Å². The molecule has 2 unspecified atom stereocenters. The van der Waals surface area contributed by atoms with E-state index in [0.29, 0.717) is 6.54 Å². The molecule has 1 aliphatic rings. The van der Waals surface area contributed by atoms with E-state index in [1.54, 1.807) is 0 Å². The average Bonchev–Trinajstić information content (AvgIpc) is 2.23. The van der Waals surface area contributed by atoms with Crippen LogP contribution in [0.15, 0.2) is 0 Å². The Morgan fingerprint density at radius 3 is 2.32 bits per heavy atom. The summed E-state index contributed by atoms with van der Waals surface area (Å²) < 4.78 is 0. The summed E-state index contributed by atoms with van der Waals surface area (Å²) in [5.41, 5.74) is 5.20. The summed E-state index contributed by atoms with van der Waals surface area (Å²) in [6.07, 6.45) is 1.62. The zero-order valence-corrected chi connectivity index (χ0v) is 12.6. The average molecular weight is 270 g/mol. The second kappa shape index (κ2) is 5.12. The number of hydrogen-bond acceptors (Lipinski definition) is 3. The van der Waals surface area contributed by atoms with Crippen LogP contribution in [-0.4, -0.2) is 40.5 Å². The van der Waals surface area contributed by atoms with Gasteiger partial charge >= 0.3 is 5.97 Å². The predicted octanol–water partition coefficient (Wildman–Crippen LogP) is 1.46. The van der Waals surface area contributed by atoms with Crippen molar-refractivity contribution >= 4 is 11.9 Å². The minimum absolute atomic E-state index is 0.257. The summed E-state index contributed by atoms with van der Waals surface area (Å²) in [7, 11) is 0. The number of carboxylic acids is 1. The topological polar surface area (TPSA) is 83.6 Å². The quantitative estimate of drug-likeness (QED) is 0.795. The Labute approximate surface area is 115 Å². The molecular weight excluding hydrogens is 244 g/mol. The predicted molar refractivity (Wildman–Crippen MR) is 73.6 cm³/mol. The third kappa shape index (κ3) is 3.26. The first-order chi connectivity index (χ1) is 8.48. The monoisotopic (exact) mass is 270 g/mol. The van der Waals surface area contributed by atoms with E-state index in [1.165, 1.54) is 4.90 Å². The zero-order chi connectivity index (χ0) is 15.0. The number of likely N-dealkylation sites (tertiary alicyclic amines) is 1. The Balaban J connectivity index is 3.03. The van der Waals surface area contributed by atoms with Gasteiger partial charge in [0.25, 0.3) is 0 Å². The van der Waals surface area contributed by atoms with Gasteiger partial charge in [-0.2, -0.15) is 0 Å². The number of nitrogens with two attached hydrogens (primary N) is 1. The van der Waals surface area contributed by atoms with Crippen molar-refractivity contribution in [1.29, 1.82) is 0 Å². The molecule has 0 bridgehead atoms. The maximum atomic E-state index is 12.5. The second-order valence-electron chi connectivity index (χ2n) is 7.21. The zero-order valence-electron chi connectivity index (χ0n) is 12.6. The third-order valence-electron chi connectivity index (χ3n) is 3.99. The molecular formula is C14H26N2O3. The van der Waals surface area contributed by atoms with E-state index in [9.17, 15) is 14.7 Å². The van der Waals surface area contributed by atoms with Gasteiger partial charge in [0.05, 0.1) is 6.04 Å². The lowest BCUT2D eigenvalue weighted by Crippen LogP contribution is -2.61. The van der Waals surface area contributed by atoms with Gasteiger partial charge in [0, 0.05) is 6.54 Å². The second-order valence-corrected chi connectivity index (χ2v) is 7.21. The first-order valence-corrected chi connectivity index (χ1v) is 6.77. The molecule has 0 aromatic heterocycles. The van der Waals surface area contributed by atoms with Crippen LogP contribution in [0.1, 0.15) is 47.5 Å². The molecule has 1 rings (SSSR count). The molecule has 110 valence electrons. The van der Waals surface area contributed by atoms with Crippen LogP contribution in [0.2, 0.25) is 0 Å². The van der Waals surface area contributed by atoms with Crippen molar-refractivity contribution < 1.29 is 14.7 Å². The van der Waals surface area contributed by atoms with Crippen molar-refractivity contribution in [3.8, 4) is 0 Å². The maximum Gasteiger partial charge on any atom is 0.326 e. The summed E-state index contributed by atoms with van der Waals surface area (Å²) in [4.78, 5) is 25.5. The molecule has 0 saturated carbocycles. The minimum atomic E-state index is -0.945. The largest absolute Gasteiger partial charge is 0.480 e. The molecule has 3 N–H and O–H groups in total. The van der Waals surface area contributed by atoms with E-state index < -0.39 is 23.5 Å². The maximum absolute atomic E-state index is 12.5. The van der Waals surface area contributed by atoms with Crippen LogP contribution in [0.4, 0.5) is 0 Å². The molecule has 0 aliphatic carbocycles. The van der Waals surface area contributed by atoms with Crippen LogP contribution in [0.5, 0.6) is 0 Å². The number of amides is 1. The molecule has 0 aromatic rings. The summed E-state index contributed by atoms with van der Waals surface area (Å²) in [6.45, 7) is 9.94. The van der Waals surface area contributed by atoms with Gasteiger partial charge in [-0.15, -0.1) is 0 Å². The van der Waals surface area contributed by atoms with E-state index in [0.717, 1.165) is 12.8 Å². The van der Waals surface area contributed by atoms with Crippen LogP contribution in [0, 0.1) is 10.8 Å². The molecule has 5 nitrogen and oxygen atoms in total. The highest BCUT2D eigenvalue weighted by molar-refractivity contribution is 5.88. The first kappa shape index (κ1) is 16.0. The normalized spacial score (nSPS) is 24.9. The van der Waals surface area contributed by atoms with E-state index in [4.69, 9.17) is 5.73 Å². The standard InChI is InChI=1S/C14H26N2O3/c1-13(2,3)9(15)11(17)16-8-6-7-14(4,5)10(16)12(18)19/h9-10H,6-8,15H2,1-5H3,(H,18,19). The van der Waals surface area contributed by atoms with Gasteiger partial charge in [0.1, 0.15) is 6.04 Å². The van der Waals surface area contributed by atoms with Crippen molar-refractivity contribution in [3.63, 3.8) is 0 Å². The molecule has 0 aromatic carbocycles. The summed E-state index contributed by atoms with van der Waals surface area (Å²) >= 11 is 0. The Hall–Kier alpha value is -1.10. The van der Waals surface area contributed by atoms with Crippen LogP contribution in [-0.2, 0) is 9.59 Å². The number of nitrogens with zero attached hydrogens (tertiary/aromatic N) is 1. The number of carbonyl (C=O) groups excluding carboxylic acids is 1. The molecule has 0 radical (unpaired) electrons. The highest BCUT2D eigenvalue weighted by Crippen LogP contribution is 2.36. The number of rotatable bonds is 2. The van der Waals surface area contributed by atoms with Gasteiger partial charge in [-0.3, -0.25) is 4.79 Å². The minimum Gasteiger partial charge on any atom is -0.480 e. The van der Waals surface area contributed by atoms with Crippen LogP contribution >= 0.6 is 0 Å². The highest BCUT2D eigenvalue weighted by Gasteiger charge is 2.46. The summed E-state index contributed by atoms with van der Waals surface area (Å²) in [5.74, 6) is -1.20. The van der Waals surface area contributed by atoms with Crippen molar-refractivity contribution in [2.75, 3.05) is 6.54 Å². The molecule has 1 heterocycles. The fourth-order valence-corrected chi connectivity index (χ4v) is 2.65. The fraction of sp³-hybridized carbons (Fsp3) is 0.857. The lowest BCUT2D eigenvalue weighted by molar-refractivity contribution is -0.160. The van der Waals surface area contributed by atoms with E-state index in [1.807, 2.05) is 34.6 Å². The van der Waals surface area contributed by atoms with E-state index >= 15 is 0 Å². The Morgan fingerprint density at radius 2 is 1.89 bits per heavy atom. The smallest absolute Gasteiger partial charge is 0.326 e. The van der Waals surface area contributed by atoms with Crippen molar-refractivity contribution in [1.82, 2.24) is 4.90 Å². The van der Waals surface area contributed by atoms with Crippen molar-refractivity contribution in [3.05, 3.63) is 0 Å². The Kier molecular flexibility index (Phi) is 4.30. The first-order valence-electron chi connectivity index (χ1n) is 6.77. The number of aliphatic carboxylic acids is 1. The van der Waals surface area contributed by atoms with E-state index in [-0.39, 0.29) is 11.3 Å². The third-order valence-corrected chi connectivity index (χ3v) is 3.99. The molecule has 1 aliphatic heterocycles. The van der Waals surface area contributed by atoms with Gasteiger partial charge < -0.3 is 15.7 Å². The fourth-order valence-electron chi connectivity index (χ4n) is 2.65. The molecule has 2 atom stereocenters. The van der Waals surface area contributed by atoms with Gasteiger partial charge in [0.2, 0.25) is 5.91 Å². The lowest BCUT2D eigenvalue weighted by atomic mass is 9.75. The molecule has 0 spiro atoms. The van der Waals surface area contributed by atoms with Crippen molar-refractivity contribution in [2.24, 2.45) is 16.6 Å². The highest BCUT2D eigenvalue weighted by atomic mass is 16.4. The van der Waals surface area contributed by atoms with Gasteiger partial charge in [-0.05, 0) is 23.7 Å². The van der Waals surface area contributed by atoms with Crippen LogP contribution in [0.25, 0.3) is 0 Å². The van der Waals surface area contributed by atoms with Gasteiger partial charge in [-0.1, -0.05) is 34.6 Å². The molecule has 1 amide bonds. The summed E-state index contributed by atoms with van der Waals surface area (Å²) in [6, 6.07) is -1.47. The molecule has 1 fully saturated rings. The SMILES string of the molecule is CC(C)(C)C(N)C(=O)N1CCCC(C)(C)C1C(=O)O. The number of hydrogen-bond donors (Lipinski definition) is 2. The number of piperidine rings is 1. The van der Waals surface area contributed by atoms with Gasteiger partial charge in [-0.25, -0.2) is 4.79 Å². The van der Waals surface area contributed by atoms with Crippen LogP contribution < -0.4 is 5.73 Å². The van der Waals surface area contributed by atoms with Gasteiger partial charge in [0.15, 0.2) is 0 Å². The number of carbonyl (C=O) groups is 2. The Bertz CT molecular complexity index is 371.